The van der Waals surface area contributed by atoms with Crippen molar-refractivity contribution in [1.82, 2.24) is 4.90 Å². The molecule has 14 heavy (non-hydrogen) atoms. The Kier molecular flexibility index (Phi) is 3.70. The second-order valence-corrected chi connectivity index (χ2v) is 2.98. The monoisotopic (exact) mass is 201 g/mol. The van der Waals surface area contributed by atoms with Crippen molar-refractivity contribution >= 4 is 18.2 Å². The second-order valence-electron chi connectivity index (χ2n) is 2.98. The van der Waals surface area contributed by atoms with Crippen molar-refractivity contribution in [3.8, 4) is 0 Å². The van der Waals surface area contributed by atoms with Crippen LogP contribution in [0.2, 0.25) is 0 Å². The van der Waals surface area contributed by atoms with Crippen LogP contribution in [0.4, 0.5) is 4.39 Å². The summed E-state index contributed by atoms with van der Waals surface area (Å²) in [6.07, 6.45) is 1.96. The highest BCUT2D eigenvalue weighted by Gasteiger charge is 2.30. The van der Waals surface area contributed by atoms with E-state index in [4.69, 9.17) is 5.73 Å². The van der Waals surface area contributed by atoms with Gasteiger partial charge in [-0.3, -0.25) is 4.79 Å². The highest BCUT2D eigenvalue weighted by atomic mass is 19.1. The summed E-state index contributed by atoms with van der Waals surface area (Å²) >= 11 is 0. The van der Waals surface area contributed by atoms with Crippen molar-refractivity contribution in [3.05, 3.63) is 0 Å². The van der Waals surface area contributed by atoms with Gasteiger partial charge in [0.25, 0.3) is 5.97 Å². The van der Waals surface area contributed by atoms with Gasteiger partial charge in [0.1, 0.15) is 6.29 Å². The average molecular weight is 201 g/mol. The molecule has 0 aromatic heterocycles. The Morgan fingerprint density at radius 1 is 1.71 bits per heavy atom. The first-order chi connectivity index (χ1) is 6.70. The molecule has 1 fully saturated rings. The van der Waals surface area contributed by atoms with Gasteiger partial charge in [0.05, 0.1) is 12.7 Å². The van der Waals surface area contributed by atoms with Gasteiger partial charge in [-0.1, -0.05) is 0 Å². The van der Waals surface area contributed by atoms with Crippen LogP contribution in [-0.2, 0) is 9.59 Å². The lowest BCUT2D eigenvalue weighted by Crippen LogP contribution is -2.39. The topological polar surface area (TPSA) is 75.8 Å². The Morgan fingerprint density at radius 2 is 2.43 bits per heavy atom. The van der Waals surface area contributed by atoms with Gasteiger partial charge in [-0.2, -0.15) is 4.39 Å². The fourth-order valence-electron chi connectivity index (χ4n) is 1.45. The summed E-state index contributed by atoms with van der Waals surface area (Å²) in [7, 11) is 0. The van der Waals surface area contributed by atoms with Gasteiger partial charge in [0.2, 0.25) is 0 Å². The fraction of sp³-hybridized carbons (Fsp3) is 0.625. The first-order valence-electron chi connectivity index (χ1n) is 4.37. The number of nitrogens with two attached hydrogens (primary N) is 1. The van der Waals surface area contributed by atoms with E-state index in [1.165, 1.54) is 4.90 Å². The summed E-state index contributed by atoms with van der Waals surface area (Å²) in [6.45, 7) is 0.132. The van der Waals surface area contributed by atoms with Crippen molar-refractivity contribution in [2.24, 2.45) is 10.7 Å². The van der Waals surface area contributed by atoms with Crippen molar-refractivity contribution in [1.29, 1.82) is 0 Å². The molecule has 2 N–H and O–H groups in total. The maximum absolute atomic E-state index is 12.9. The molecule has 0 bridgehead atoms. The van der Waals surface area contributed by atoms with Crippen LogP contribution in [0, 0.1) is 0 Å². The van der Waals surface area contributed by atoms with Gasteiger partial charge in [0.15, 0.2) is 0 Å². The molecule has 5 nitrogen and oxygen atoms in total. The molecule has 1 amide bonds. The molecule has 1 aliphatic rings. The van der Waals surface area contributed by atoms with Crippen LogP contribution in [0.25, 0.3) is 0 Å². The van der Waals surface area contributed by atoms with E-state index >= 15 is 0 Å². The third-order valence-electron chi connectivity index (χ3n) is 2.12. The molecule has 1 heterocycles. The molecule has 0 aromatic carbocycles. The number of aldehydes is 1. The zero-order valence-corrected chi connectivity index (χ0v) is 7.65. The fourth-order valence-corrected chi connectivity index (χ4v) is 1.45. The highest BCUT2D eigenvalue weighted by molar-refractivity contribution is 6.34. The summed E-state index contributed by atoms with van der Waals surface area (Å²) < 4.78 is 12.9. The van der Waals surface area contributed by atoms with E-state index < -0.39 is 17.9 Å². The molecule has 1 rings (SSSR count). The minimum Gasteiger partial charge on any atom is -0.326 e. The summed E-state index contributed by atoms with van der Waals surface area (Å²) in [5.41, 5.74) is 4.97. The maximum Gasteiger partial charge on any atom is 0.302 e. The molecule has 6 heteroatoms. The number of halogens is 1. The Labute approximate surface area is 80.8 Å². The lowest BCUT2D eigenvalue weighted by molar-refractivity contribution is -0.128. The zero-order chi connectivity index (χ0) is 10.6. The van der Waals surface area contributed by atoms with E-state index in [0.717, 1.165) is 0 Å². The Morgan fingerprint density at radius 3 is 3.00 bits per heavy atom. The summed E-state index contributed by atoms with van der Waals surface area (Å²) in [5, 5.41) is 0. The van der Waals surface area contributed by atoms with Gasteiger partial charge in [-0.05, 0) is 12.8 Å². The first kappa shape index (κ1) is 10.8. The maximum atomic E-state index is 12.9. The van der Waals surface area contributed by atoms with E-state index in [1.807, 2.05) is 0 Å². The van der Waals surface area contributed by atoms with Gasteiger partial charge in [0, 0.05) is 6.54 Å². The summed E-state index contributed by atoms with van der Waals surface area (Å²) in [4.78, 5) is 26.2. The van der Waals surface area contributed by atoms with Gasteiger partial charge in [-0.15, -0.1) is 0 Å². The van der Waals surface area contributed by atoms with E-state index in [1.54, 1.807) is 0 Å². The predicted octanol–water partition coefficient (Wildman–Crippen LogP) is -0.540. The molecule has 78 valence electrons. The third kappa shape index (κ3) is 2.14. The molecule has 0 spiro atoms. The average Bonchev–Trinajstić information content (AvgIpc) is 2.64. The van der Waals surface area contributed by atoms with E-state index in [9.17, 15) is 14.0 Å². The molecule has 1 unspecified atom stereocenters. The number of amides is 1. The van der Waals surface area contributed by atoms with Crippen LogP contribution in [0.15, 0.2) is 4.99 Å². The second kappa shape index (κ2) is 4.80. The van der Waals surface area contributed by atoms with Crippen LogP contribution in [-0.4, -0.2) is 42.3 Å². The minimum absolute atomic E-state index is 0.267. The molecule has 0 aliphatic carbocycles. The normalized spacial score (nSPS) is 22.6. The molecular formula is C8H12FN3O2. The summed E-state index contributed by atoms with van der Waals surface area (Å²) in [5.74, 6) is -1.97. The molecule has 1 aliphatic heterocycles. The zero-order valence-electron chi connectivity index (χ0n) is 7.65. The molecular weight excluding hydrogens is 189 g/mol. The Hall–Kier alpha value is -1.30. The van der Waals surface area contributed by atoms with Crippen molar-refractivity contribution in [3.63, 3.8) is 0 Å². The van der Waals surface area contributed by atoms with Crippen LogP contribution >= 0.6 is 0 Å². The Bertz CT molecular complexity index is 267. The smallest absolute Gasteiger partial charge is 0.302 e. The van der Waals surface area contributed by atoms with Crippen LogP contribution in [0.1, 0.15) is 12.8 Å². The number of carbonyl (C=O) groups is 2. The number of nitrogens with zero attached hydrogens (tertiary/aromatic N) is 2. The van der Waals surface area contributed by atoms with Crippen molar-refractivity contribution in [2.75, 3.05) is 13.2 Å². The van der Waals surface area contributed by atoms with E-state index in [-0.39, 0.29) is 6.67 Å². The SMILES string of the molecule is NCN=C(F)C(=O)N1CCCC1C=O. The first-order valence-corrected chi connectivity index (χ1v) is 4.37. The molecule has 0 aromatic rings. The quantitative estimate of drug-likeness (QED) is 0.492. The van der Waals surface area contributed by atoms with Crippen LogP contribution < -0.4 is 5.73 Å². The molecule has 1 atom stereocenters. The van der Waals surface area contributed by atoms with Crippen molar-refractivity contribution < 1.29 is 14.0 Å². The number of aliphatic imine (C=N–C) groups is 1. The molecule has 0 radical (unpaired) electrons. The van der Waals surface area contributed by atoms with Crippen LogP contribution in [0.3, 0.4) is 0 Å². The van der Waals surface area contributed by atoms with Gasteiger partial charge >= 0.3 is 5.91 Å². The lowest BCUT2D eigenvalue weighted by Gasteiger charge is -2.18. The predicted molar refractivity (Wildman–Crippen MR) is 48.4 cm³/mol. The number of likely N-dealkylation sites (tertiary alicyclic amines) is 1. The highest BCUT2D eigenvalue weighted by Crippen LogP contribution is 2.15. The number of rotatable bonds is 3. The molecule has 0 saturated carbocycles. The largest absolute Gasteiger partial charge is 0.326 e. The standard InChI is InChI=1S/C8H12FN3O2/c9-7(11-5-10)8(14)12-3-1-2-6(12)4-13/h4,6H,1-3,5,10H2. The summed E-state index contributed by atoms with van der Waals surface area (Å²) in [6, 6.07) is -0.513. The molecule has 1 saturated heterocycles. The third-order valence-corrected chi connectivity index (χ3v) is 2.12. The lowest BCUT2D eigenvalue weighted by atomic mass is 10.2. The van der Waals surface area contributed by atoms with Gasteiger partial charge in [-0.25, -0.2) is 4.99 Å². The van der Waals surface area contributed by atoms with E-state index in [0.29, 0.717) is 25.7 Å². The number of hydrogen-bond donors (Lipinski definition) is 1. The Balaban J connectivity index is 2.68. The number of hydrogen-bond acceptors (Lipinski definition) is 4. The van der Waals surface area contributed by atoms with E-state index in [2.05, 4.69) is 4.99 Å². The van der Waals surface area contributed by atoms with Crippen molar-refractivity contribution in [2.45, 2.75) is 18.9 Å². The van der Waals surface area contributed by atoms with Gasteiger partial charge < -0.3 is 15.4 Å². The minimum atomic E-state index is -1.12. The van der Waals surface area contributed by atoms with Crippen LogP contribution in [0.5, 0.6) is 0 Å². The number of carbonyl (C=O) groups excluding carboxylic acids is 2.